The van der Waals surface area contributed by atoms with E-state index in [1.165, 1.54) is 16.4 Å². The first-order valence-corrected chi connectivity index (χ1v) is 8.61. The van der Waals surface area contributed by atoms with Crippen LogP contribution in [-0.4, -0.2) is 31.7 Å². The molecule has 1 aromatic carbocycles. The zero-order chi connectivity index (χ0) is 16.0. The maximum atomic E-state index is 12.3. The van der Waals surface area contributed by atoms with E-state index in [9.17, 15) is 13.2 Å². The number of hydrogen-bond acceptors (Lipinski definition) is 3. The molecule has 0 unspecified atom stereocenters. The van der Waals surface area contributed by atoms with Gasteiger partial charge in [-0.05, 0) is 44.5 Å². The minimum Gasteiger partial charge on any atom is -0.326 e. The zero-order valence-corrected chi connectivity index (χ0v) is 13.9. The summed E-state index contributed by atoms with van der Waals surface area (Å²) in [5.41, 5.74) is 0.613. The van der Waals surface area contributed by atoms with Crippen molar-refractivity contribution in [3.05, 3.63) is 24.3 Å². The second-order valence-corrected chi connectivity index (χ2v) is 7.29. The van der Waals surface area contributed by atoms with E-state index in [2.05, 4.69) is 5.32 Å². The van der Waals surface area contributed by atoms with Gasteiger partial charge in [-0.1, -0.05) is 13.3 Å². The third-order valence-corrected chi connectivity index (χ3v) is 5.35. The highest BCUT2D eigenvalue weighted by atomic mass is 32.2. The minimum atomic E-state index is -3.48. The summed E-state index contributed by atoms with van der Waals surface area (Å²) in [7, 11) is -1.92. The Morgan fingerprint density at radius 1 is 1.24 bits per heavy atom. The molecule has 1 aromatic rings. The number of carbonyl (C=O) groups excluding carboxylic acids is 1. The number of amides is 1. The Labute approximate surface area is 127 Å². The summed E-state index contributed by atoms with van der Waals surface area (Å²) in [5, 5.41) is 2.76. The van der Waals surface area contributed by atoms with Gasteiger partial charge in [0, 0.05) is 25.2 Å². The molecule has 0 fully saturated rings. The molecule has 0 heterocycles. The van der Waals surface area contributed by atoms with Crippen molar-refractivity contribution in [2.45, 2.75) is 51.0 Å². The van der Waals surface area contributed by atoms with Crippen LogP contribution in [0.5, 0.6) is 0 Å². The van der Waals surface area contributed by atoms with Crippen LogP contribution in [0.2, 0.25) is 0 Å². The largest absolute Gasteiger partial charge is 0.326 e. The number of carbonyl (C=O) groups is 1. The lowest BCUT2D eigenvalue weighted by molar-refractivity contribution is -0.116. The molecule has 0 aromatic heterocycles. The summed E-state index contributed by atoms with van der Waals surface area (Å²) in [5.74, 6) is -0.0493. The summed E-state index contributed by atoms with van der Waals surface area (Å²) in [6.07, 6.45) is 2.29. The molecule has 1 amide bonds. The van der Waals surface area contributed by atoms with Gasteiger partial charge in [0.2, 0.25) is 15.9 Å². The van der Waals surface area contributed by atoms with E-state index in [4.69, 9.17) is 0 Å². The number of benzene rings is 1. The van der Waals surface area contributed by atoms with Crippen LogP contribution in [0.25, 0.3) is 0 Å². The number of nitrogens with zero attached hydrogens (tertiary/aromatic N) is 1. The first kappa shape index (κ1) is 17.7. The molecular formula is C15H24N2O3S. The van der Waals surface area contributed by atoms with E-state index in [0.29, 0.717) is 12.1 Å². The van der Waals surface area contributed by atoms with Crippen molar-refractivity contribution >= 4 is 21.6 Å². The Kier molecular flexibility index (Phi) is 6.36. The fraction of sp³-hybridized carbons (Fsp3) is 0.533. The standard InChI is InChI=1S/C15H24N2O3S/c1-5-6-7-15(18)16-13-8-10-14(11-9-13)21(19,20)17(4)12(2)3/h8-12H,5-7H2,1-4H3,(H,16,18). The van der Waals surface area contributed by atoms with Gasteiger partial charge in [0.15, 0.2) is 0 Å². The predicted molar refractivity (Wildman–Crippen MR) is 84.7 cm³/mol. The second kappa shape index (κ2) is 7.56. The van der Waals surface area contributed by atoms with E-state index in [-0.39, 0.29) is 16.8 Å². The molecule has 0 atom stereocenters. The fourth-order valence-electron chi connectivity index (χ4n) is 1.71. The Hall–Kier alpha value is -1.40. The van der Waals surface area contributed by atoms with E-state index in [1.54, 1.807) is 19.2 Å². The molecule has 0 spiro atoms. The zero-order valence-electron chi connectivity index (χ0n) is 13.1. The number of rotatable bonds is 7. The Morgan fingerprint density at radius 2 is 1.81 bits per heavy atom. The van der Waals surface area contributed by atoms with Gasteiger partial charge in [0.05, 0.1) is 4.90 Å². The lowest BCUT2D eigenvalue weighted by Gasteiger charge is -2.21. The highest BCUT2D eigenvalue weighted by Gasteiger charge is 2.22. The van der Waals surface area contributed by atoms with Gasteiger partial charge in [-0.25, -0.2) is 8.42 Å². The fourth-order valence-corrected chi connectivity index (χ4v) is 3.08. The molecular weight excluding hydrogens is 288 g/mol. The summed E-state index contributed by atoms with van der Waals surface area (Å²) >= 11 is 0. The molecule has 0 radical (unpaired) electrons. The quantitative estimate of drug-likeness (QED) is 0.842. The first-order chi connectivity index (χ1) is 9.78. The number of hydrogen-bond donors (Lipinski definition) is 1. The molecule has 0 aliphatic heterocycles. The third-order valence-electron chi connectivity index (χ3n) is 3.30. The minimum absolute atomic E-state index is 0.0493. The van der Waals surface area contributed by atoms with Crippen LogP contribution in [0.15, 0.2) is 29.2 Å². The molecule has 21 heavy (non-hydrogen) atoms. The van der Waals surface area contributed by atoms with Crippen molar-refractivity contribution in [2.75, 3.05) is 12.4 Å². The molecule has 118 valence electrons. The molecule has 1 rings (SSSR count). The van der Waals surface area contributed by atoms with Crippen LogP contribution in [-0.2, 0) is 14.8 Å². The number of nitrogens with one attached hydrogen (secondary N) is 1. The van der Waals surface area contributed by atoms with Gasteiger partial charge in [-0.15, -0.1) is 0 Å². The van der Waals surface area contributed by atoms with Crippen molar-refractivity contribution in [1.29, 1.82) is 0 Å². The van der Waals surface area contributed by atoms with Crippen molar-refractivity contribution in [1.82, 2.24) is 4.31 Å². The number of unbranched alkanes of at least 4 members (excludes halogenated alkanes) is 1. The maximum Gasteiger partial charge on any atom is 0.243 e. The van der Waals surface area contributed by atoms with Gasteiger partial charge >= 0.3 is 0 Å². The average Bonchev–Trinajstić information content (AvgIpc) is 2.44. The molecule has 6 heteroatoms. The summed E-state index contributed by atoms with van der Waals surface area (Å²) in [6.45, 7) is 5.66. The van der Waals surface area contributed by atoms with Gasteiger partial charge < -0.3 is 5.32 Å². The van der Waals surface area contributed by atoms with E-state index in [0.717, 1.165) is 12.8 Å². The normalized spacial score (nSPS) is 11.9. The van der Waals surface area contributed by atoms with Crippen molar-refractivity contribution < 1.29 is 13.2 Å². The van der Waals surface area contributed by atoms with Gasteiger partial charge in [-0.2, -0.15) is 4.31 Å². The monoisotopic (exact) mass is 312 g/mol. The van der Waals surface area contributed by atoms with Crippen molar-refractivity contribution in [3.63, 3.8) is 0 Å². The third kappa shape index (κ3) is 4.82. The molecule has 0 saturated carbocycles. The van der Waals surface area contributed by atoms with E-state index in [1.807, 2.05) is 20.8 Å². The molecule has 1 N–H and O–H groups in total. The van der Waals surface area contributed by atoms with Crippen LogP contribution < -0.4 is 5.32 Å². The van der Waals surface area contributed by atoms with Crippen LogP contribution in [0.3, 0.4) is 0 Å². The number of sulfonamides is 1. The topological polar surface area (TPSA) is 66.5 Å². The van der Waals surface area contributed by atoms with Crippen LogP contribution in [0, 0.1) is 0 Å². The maximum absolute atomic E-state index is 12.3. The van der Waals surface area contributed by atoms with Crippen LogP contribution >= 0.6 is 0 Å². The second-order valence-electron chi connectivity index (χ2n) is 5.29. The predicted octanol–water partition coefficient (Wildman–Crippen LogP) is 2.84. The highest BCUT2D eigenvalue weighted by Crippen LogP contribution is 2.19. The lowest BCUT2D eigenvalue weighted by Crippen LogP contribution is -2.33. The Balaban J connectivity index is 2.81. The Morgan fingerprint density at radius 3 is 2.29 bits per heavy atom. The summed E-state index contributed by atoms with van der Waals surface area (Å²) in [6, 6.07) is 6.16. The molecule has 5 nitrogen and oxygen atoms in total. The van der Waals surface area contributed by atoms with Gasteiger partial charge in [0.1, 0.15) is 0 Å². The van der Waals surface area contributed by atoms with Crippen LogP contribution in [0.4, 0.5) is 5.69 Å². The average molecular weight is 312 g/mol. The van der Waals surface area contributed by atoms with E-state index < -0.39 is 10.0 Å². The molecule has 0 saturated heterocycles. The summed E-state index contributed by atoms with van der Waals surface area (Å²) < 4.78 is 25.9. The highest BCUT2D eigenvalue weighted by molar-refractivity contribution is 7.89. The Bertz CT molecular complexity index is 565. The molecule has 0 aliphatic carbocycles. The molecule has 0 aliphatic rings. The smallest absolute Gasteiger partial charge is 0.243 e. The summed E-state index contributed by atoms with van der Waals surface area (Å²) in [4.78, 5) is 11.8. The van der Waals surface area contributed by atoms with Crippen molar-refractivity contribution in [2.24, 2.45) is 0 Å². The SMILES string of the molecule is CCCCC(=O)Nc1ccc(S(=O)(=O)N(C)C(C)C)cc1. The van der Waals surface area contributed by atoms with E-state index >= 15 is 0 Å². The first-order valence-electron chi connectivity index (χ1n) is 7.17. The number of anilines is 1. The van der Waals surface area contributed by atoms with Crippen LogP contribution in [0.1, 0.15) is 40.0 Å². The van der Waals surface area contributed by atoms with Crippen molar-refractivity contribution in [3.8, 4) is 0 Å². The lowest BCUT2D eigenvalue weighted by atomic mass is 10.2. The van der Waals surface area contributed by atoms with Gasteiger partial charge in [0.25, 0.3) is 0 Å². The molecule has 0 bridgehead atoms. The van der Waals surface area contributed by atoms with Gasteiger partial charge in [-0.3, -0.25) is 4.79 Å².